The average molecular weight is 289 g/mol. The Balaban J connectivity index is -0.00000000500. The van der Waals surface area contributed by atoms with E-state index in [1.165, 1.54) is 19.7 Å². The van der Waals surface area contributed by atoms with Gasteiger partial charge in [0.15, 0.2) is 0 Å². The zero-order chi connectivity index (χ0) is 2.00. The van der Waals surface area contributed by atoms with Crippen molar-refractivity contribution in [2.24, 2.45) is 0 Å². The van der Waals surface area contributed by atoms with Crippen molar-refractivity contribution in [1.29, 1.82) is 0 Å². The maximum Gasteiger partial charge on any atom is 0 e. The maximum atomic E-state index is 2.72. The minimum atomic E-state index is 0. The molecule has 0 heterocycles. The molecular formula is H2MgSeSnZn. The molecule has 0 aliphatic rings. The van der Waals surface area contributed by atoms with Crippen LogP contribution in [0.3, 0.4) is 0 Å². The van der Waals surface area contributed by atoms with Crippen LogP contribution in [0.5, 0.6) is 0 Å². The summed E-state index contributed by atoms with van der Waals surface area (Å²) < 4.78 is 0. The van der Waals surface area contributed by atoms with Crippen LogP contribution in [-0.4, -0.2) is 55.0 Å². The van der Waals surface area contributed by atoms with E-state index in [1.807, 2.05) is 0 Å². The van der Waals surface area contributed by atoms with E-state index in [1.54, 1.807) is 0 Å². The zero-order valence-electron chi connectivity index (χ0n) is 1.62. The Labute approximate surface area is 73.1 Å². The Morgan fingerprint density at radius 1 is 1.25 bits per heavy atom. The fourth-order valence-electron chi connectivity index (χ4n) is 0. The molecule has 0 spiro atoms. The van der Waals surface area contributed by atoms with Crippen LogP contribution in [0.4, 0.5) is 0 Å². The molecule has 0 bridgehead atoms. The Bertz CT molecular complexity index is 8.00. The minimum absolute atomic E-state index is 0. The summed E-state index contributed by atoms with van der Waals surface area (Å²) in [6, 6.07) is 0. The first kappa shape index (κ1) is 15.9. The summed E-state index contributed by atoms with van der Waals surface area (Å²) in [6.45, 7) is 0. The first-order valence-electron chi connectivity index (χ1n) is 0.204. The predicted molar refractivity (Wildman–Crippen MR) is 20.1 cm³/mol. The molecule has 0 aromatic rings. The van der Waals surface area contributed by atoms with Crippen LogP contribution >= 0.6 is 0 Å². The monoisotopic (exact) mass is 290 g/mol. The third-order valence-corrected chi connectivity index (χ3v) is 0. The van der Waals surface area contributed by atoms with Crippen molar-refractivity contribution in [1.82, 2.24) is 0 Å². The SMILES string of the molecule is [MgH2].[Se]=[Sn].[Zn]. The summed E-state index contributed by atoms with van der Waals surface area (Å²) in [7, 11) is 0. The van der Waals surface area contributed by atoms with Crippen molar-refractivity contribution in [3.8, 4) is 0 Å². The summed E-state index contributed by atoms with van der Waals surface area (Å²) in [5, 5.41) is 0. The van der Waals surface area contributed by atoms with Gasteiger partial charge in [-0.25, -0.2) is 0 Å². The fraction of sp³-hybridized carbons (Fsp3) is 0. The molecule has 0 fully saturated rings. The Morgan fingerprint density at radius 3 is 1.25 bits per heavy atom. The Morgan fingerprint density at radius 2 is 1.25 bits per heavy atom. The maximum absolute atomic E-state index is 2.72. The number of hydrogen-bond acceptors (Lipinski definition) is 0. The Hall–Kier alpha value is 2.71. The quantitative estimate of drug-likeness (QED) is 0.467. The van der Waals surface area contributed by atoms with Crippen molar-refractivity contribution < 1.29 is 19.5 Å². The third-order valence-electron chi connectivity index (χ3n) is 0. The molecule has 0 aliphatic heterocycles. The van der Waals surface area contributed by atoms with Gasteiger partial charge in [0.1, 0.15) is 0 Å². The molecule has 0 aliphatic carbocycles. The molecular weight excluding hydrogens is 287 g/mol. The molecule has 0 nitrogen and oxygen atoms in total. The summed E-state index contributed by atoms with van der Waals surface area (Å²) in [5.74, 6) is 0. The molecule has 0 amide bonds. The third kappa shape index (κ3) is 8.83. The van der Waals surface area contributed by atoms with Gasteiger partial charge < -0.3 is 0 Å². The van der Waals surface area contributed by atoms with E-state index in [4.69, 9.17) is 0 Å². The van der Waals surface area contributed by atoms with Gasteiger partial charge in [0.2, 0.25) is 0 Å². The van der Waals surface area contributed by atoms with E-state index >= 15 is 0 Å². The van der Waals surface area contributed by atoms with Gasteiger partial charge in [0.05, 0.1) is 0 Å². The van der Waals surface area contributed by atoms with Crippen LogP contribution < -0.4 is 0 Å². The van der Waals surface area contributed by atoms with E-state index in [0.717, 1.165) is 0 Å². The normalized spacial score (nSPS) is 1.00. The molecule has 4 heteroatoms. The van der Waals surface area contributed by atoms with Crippen LogP contribution in [0.15, 0.2) is 0 Å². The fourth-order valence-corrected chi connectivity index (χ4v) is 0. The molecule has 0 aromatic carbocycles. The van der Waals surface area contributed by atoms with Crippen LogP contribution in [-0.2, 0) is 19.5 Å². The summed E-state index contributed by atoms with van der Waals surface area (Å²) >= 11 is 4.14. The summed E-state index contributed by atoms with van der Waals surface area (Å²) in [6.07, 6.45) is 0. The van der Waals surface area contributed by atoms with Crippen LogP contribution in [0.2, 0.25) is 0 Å². The van der Waals surface area contributed by atoms with Crippen LogP contribution in [0.1, 0.15) is 0 Å². The van der Waals surface area contributed by atoms with Crippen molar-refractivity contribution in [3.63, 3.8) is 0 Å². The van der Waals surface area contributed by atoms with E-state index in [0.29, 0.717) is 0 Å². The van der Waals surface area contributed by atoms with Crippen molar-refractivity contribution in [2.45, 2.75) is 0 Å². The van der Waals surface area contributed by atoms with Gasteiger partial charge in [-0.1, -0.05) is 0 Å². The van der Waals surface area contributed by atoms with Gasteiger partial charge in [-0.05, 0) is 0 Å². The molecule has 0 aromatic heterocycles. The molecule has 2 radical (unpaired) electrons. The van der Waals surface area contributed by atoms with Crippen LogP contribution in [0, 0.1) is 0 Å². The van der Waals surface area contributed by atoms with E-state index in [-0.39, 0.29) is 42.5 Å². The van der Waals surface area contributed by atoms with Crippen molar-refractivity contribution in [3.05, 3.63) is 0 Å². The average Bonchev–Trinajstić information content (AvgIpc) is 1.00. The van der Waals surface area contributed by atoms with E-state index in [9.17, 15) is 0 Å². The second-order valence-electron chi connectivity index (χ2n) is 0. The molecule has 16 valence electrons. The van der Waals surface area contributed by atoms with E-state index in [2.05, 4.69) is 12.2 Å². The van der Waals surface area contributed by atoms with Crippen LogP contribution in [0.25, 0.3) is 0 Å². The van der Waals surface area contributed by atoms with Gasteiger partial charge >= 0.3 is 55.0 Å². The zero-order valence-corrected chi connectivity index (χ0v) is 9.15. The predicted octanol–water partition coefficient (Wildman–Crippen LogP) is -1.68. The Kier molecular flexibility index (Phi) is 68.6. The smallest absolute Gasteiger partial charge is 0 e. The molecule has 0 saturated carbocycles. The van der Waals surface area contributed by atoms with Gasteiger partial charge in [-0.3, -0.25) is 0 Å². The van der Waals surface area contributed by atoms with Crippen molar-refractivity contribution >= 4 is 55.0 Å². The number of rotatable bonds is 0. The van der Waals surface area contributed by atoms with E-state index < -0.39 is 0 Å². The largest absolute Gasteiger partial charge is 0 e. The molecule has 0 atom stereocenters. The molecule has 0 saturated heterocycles. The van der Waals surface area contributed by atoms with Gasteiger partial charge in [-0.15, -0.1) is 0 Å². The van der Waals surface area contributed by atoms with Gasteiger partial charge in [0, 0.05) is 19.5 Å². The molecule has 0 unspecified atom stereocenters. The topological polar surface area (TPSA) is 0 Å². The first-order valence-corrected chi connectivity index (χ1v) is 7.12. The minimum Gasteiger partial charge on any atom is 0 e. The first-order chi connectivity index (χ1) is 1.00. The number of hydrogen-bond donors (Lipinski definition) is 0. The standard InChI is InChI=1S/Mg.Se.Sn.Zn.2H. The molecule has 4 heavy (non-hydrogen) atoms. The molecule has 0 N–H and O–H groups in total. The van der Waals surface area contributed by atoms with Gasteiger partial charge in [-0.2, -0.15) is 0 Å². The molecule has 0 rings (SSSR count). The van der Waals surface area contributed by atoms with Crippen molar-refractivity contribution in [2.75, 3.05) is 0 Å². The second-order valence-corrected chi connectivity index (χ2v) is 0. The summed E-state index contributed by atoms with van der Waals surface area (Å²) in [5.41, 5.74) is 0. The second kappa shape index (κ2) is 17.3. The summed E-state index contributed by atoms with van der Waals surface area (Å²) in [4.78, 5) is 0. The van der Waals surface area contributed by atoms with Gasteiger partial charge in [0.25, 0.3) is 0 Å².